The van der Waals surface area contributed by atoms with Gasteiger partial charge in [0.2, 0.25) is 21.7 Å². The third-order valence-electron chi connectivity index (χ3n) is 4.49. The molecule has 0 N–H and O–H groups in total. The summed E-state index contributed by atoms with van der Waals surface area (Å²) in [5, 5.41) is 3.96. The molecule has 0 unspecified atom stereocenters. The van der Waals surface area contributed by atoms with Crippen LogP contribution in [0.15, 0.2) is 53.1 Å². The SMILES string of the molecule is COc1cccc(-c2noc(CN(C)C(=O)c3ccc(N(C)S(C)(=O)=O)cc3)n2)c1. The standard InChI is InChI=1S/C20H22N4O5S/c1-23(20(25)14-8-10-16(11-9-14)24(2)30(4,26)27)13-18-21-19(22-29-18)15-6-5-7-17(12-15)28-3/h5-12H,13H2,1-4H3. The minimum absolute atomic E-state index is 0.126. The summed E-state index contributed by atoms with van der Waals surface area (Å²) in [4.78, 5) is 18.5. The molecule has 0 aliphatic rings. The molecular formula is C20H22N4O5S. The number of hydrogen-bond donors (Lipinski definition) is 0. The van der Waals surface area contributed by atoms with Gasteiger partial charge < -0.3 is 14.2 Å². The van der Waals surface area contributed by atoms with Gasteiger partial charge in [-0.05, 0) is 36.4 Å². The van der Waals surface area contributed by atoms with Crippen molar-refractivity contribution in [2.45, 2.75) is 6.54 Å². The van der Waals surface area contributed by atoms with Crippen LogP contribution in [0.25, 0.3) is 11.4 Å². The van der Waals surface area contributed by atoms with Crippen molar-refractivity contribution in [2.24, 2.45) is 0 Å². The fourth-order valence-corrected chi connectivity index (χ4v) is 3.20. The van der Waals surface area contributed by atoms with E-state index in [2.05, 4.69) is 10.1 Å². The van der Waals surface area contributed by atoms with Gasteiger partial charge in [-0.1, -0.05) is 17.3 Å². The van der Waals surface area contributed by atoms with Gasteiger partial charge in [0.05, 0.1) is 25.6 Å². The molecule has 1 aromatic heterocycles. The largest absolute Gasteiger partial charge is 0.497 e. The van der Waals surface area contributed by atoms with E-state index in [-0.39, 0.29) is 18.3 Å². The van der Waals surface area contributed by atoms with E-state index in [1.807, 2.05) is 18.2 Å². The van der Waals surface area contributed by atoms with Gasteiger partial charge in [0.15, 0.2) is 0 Å². The van der Waals surface area contributed by atoms with Crippen LogP contribution in [0, 0.1) is 0 Å². The highest BCUT2D eigenvalue weighted by molar-refractivity contribution is 7.92. The maximum absolute atomic E-state index is 12.7. The van der Waals surface area contributed by atoms with Gasteiger partial charge in [0.25, 0.3) is 5.91 Å². The highest BCUT2D eigenvalue weighted by Gasteiger charge is 2.18. The van der Waals surface area contributed by atoms with E-state index in [0.29, 0.717) is 22.8 Å². The van der Waals surface area contributed by atoms with Crippen LogP contribution < -0.4 is 9.04 Å². The molecule has 1 amide bonds. The molecule has 0 bridgehead atoms. The van der Waals surface area contributed by atoms with Crippen molar-refractivity contribution in [1.29, 1.82) is 0 Å². The van der Waals surface area contributed by atoms with Crippen molar-refractivity contribution in [3.63, 3.8) is 0 Å². The van der Waals surface area contributed by atoms with E-state index in [0.717, 1.165) is 16.1 Å². The smallest absolute Gasteiger partial charge is 0.254 e. The second-order valence-electron chi connectivity index (χ2n) is 6.68. The van der Waals surface area contributed by atoms with Crippen LogP contribution in [-0.2, 0) is 16.6 Å². The molecule has 0 fully saturated rings. The molecule has 30 heavy (non-hydrogen) atoms. The Bertz CT molecular complexity index is 1140. The van der Waals surface area contributed by atoms with Crippen molar-refractivity contribution in [1.82, 2.24) is 15.0 Å². The minimum atomic E-state index is -3.37. The van der Waals surface area contributed by atoms with Crippen LogP contribution in [0.2, 0.25) is 0 Å². The van der Waals surface area contributed by atoms with Gasteiger partial charge in [-0.25, -0.2) is 8.42 Å². The fraction of sp³-hybridized carbons (Fsp3) is 0.250. The Morgan fingerprint density at radius 3 is 2.47 bits per heavy atom. The summed E-state index contributed by atoms with van der Waals surface area (Å²) < 4.78 is 34.9. The van der Waals surface area contributed by atoms with Crippen molar-refractivity contribution in [3.05, 3.63) is 60.0 Å². The first-order valence-corrected chi connectivity index (χ1v) is 10.8. The van der Waals surface area contributed by atoms with E-state index < -0.39 is 10.0 Å². The molecule has 0 spiro atoms. The Hall–Kier alpha value is -3.40. The van der Waals surface area contributed by atoms with Crippen molar-refractivity contribution < 1.29 is 22.5 Å². The van der Waals surface area contributed by atoms with E-state index >= 15 is 0 Å². The van der Waals surface area contributed by atoms with E-state index in [9.17, 15) is 13.2 Å². The van der Waals surface area contributed by atoms with Gasteiger partial charge in [-0.3, -0.25) is 9.10 Å². The molecule has 2 aromatic carbocycles. The Morgan fingerprint density at radius 1 is 1.13 bits per heavy atom. The average Bonchev–Trinajstić information content (AvgIpc) is 3.20. The lowest BCUT2D eigenvalue weighted by atomic mass is 10.2. The lowest BCUT2D eigenvalue weighted by Crippen LogP contribution is -2.27. The van der Waals surface area contributed by atoms with E-state index in [1.54, 1.807) is 44.5 Å². The zero-order valence-electron chi connectivity index (χ0n) is 17.1. The maximum atomic E-state index is 12.7. The van der Waals surface area contributed by atoms with Crippen LogP contribution in [0.4, 0.5) is 5.69 Å². The van der Waals surface area contributed by atoms with E-state index in [4.69, 9.17) is 9.26 Å². The summed E-state index contributed by atoms with van der Waals surface area (Å²) in [5.74, 6) is 1.11. The molecule has 0 aliphatic heterocycles. The van der Waals surface area contributed by atoms with Gasteiger partial charge >= 0.3 is 0 Å². The van der Waals surface area contributed by atoms with Crippen LogP contribution >= 0.6 is 0 Å². The normalized spacial score (nSPS) is 11.2. The lowest BCUT2D eigenvalue weighted by molar-refractivity contribution is 0.0769. The van der Waals surface area contributed by atoms with Gasteiger partial charge in [0.1, 0.15) is 5.75 Å². The molecule has 1 heterocycles. The van der Waals surface area contributed by atoms with Crippen LogP contribution in [-0.4, -0.2) is 56.8 Å². The molecule has 3 aromatic rings. The molecule has 0 radical (unpaired) electrons. The number of ether oxygens (including phenoxy) is 1. The number of sulfonamides is 1. The number of hydrogen-bond acceptors (Lipinski definition) is 7. The lowest BCUT2D eigenvalue weighted by Gasteiger charge is -2.18. The predicted molar refractivity (Wildman–Crippen MR) is 112 cm³/mol. The van der Waals surface area contributed by atoms with Gasteiger partial charge in [-0.15, -0.1) is 0 Å². The average molecular weight is 430 g/mol. The van der Waals surface area contributed by atoms with Crippen molar-refractivity contribution in [2.75, 3.05) is 31.8 Å². The van der Waals surface area contributed by atoms with E-state index in [1.165, 1.54) is 11.9 Å². The first-order valence-electron chi connectivity index (χ1n) is 8.95. The van der Waals surface area contributed by atoms with Crippen LogP contribution in [0.3, 0.4) is 0 Å². The first kappa shape index (κ1) is 21.3. The number of carbonyl (C=O) groups excluding carboxylic acids is 1. The highest BCUT2D eigenvalue weighted by atomic mass is 32.2. The van der Waals surface area contributed by atoms with Gasteiger partial charge in [0, 0.05) is 25.2 Å². The number of methoxy groups -OCH3 is 1. The molecular weight excluding hydrogens is 408 g/mol. The van der Waals surface area contributed by atoms with Crippen molar-refractivity contribution >= 4 is 21.6 Å². The molecule has 9 nitrogen and oxygen atoms in total. The third-order valence-corrected chi connectivity index (χ3v) is 5.70. The summed E-state index contributed by atoms with van der Waals surface area (Å²) in [5.41, 5.74) is 1.62. The quantitative estimate of drug-likeness (QED) is 0.567. The molecule has 0 atom stereocenters. The number of nitrogens with zero attached hydrogens (tertiary/aromatic N) is 4. The fourth-order valence-electron chi connectivity index (χ4n) is 2.70. The summed E-state index contributed by atoms with van der Waals surface area (Å²) in [7, 11) is 1.28. The van der Waals surface area contributed by atoms with Crippen LogP contribution in [0.1, 0.15) is 16.2 Å². The molecule has 10 heteroatoms. The monoisotopic (exact) mass is 430 g/mol. The number of benzene rings is 2. The maximum Gasteiger partial charge on any atom is 0.254 e. The second-order valence-corrected chi connectivity index (χ2v) is 8.70. The highest BCUT2D eigenvalue weighted by Crippen LogP contribution is 2.22. The molecule has 0 saturated heterocycles. The number of amides is 1. The van der Waals surface area contributed by atoms with Crippen molar-refractivity contribution in [3.8, 4) is 17.1 Å². The second kappa shape index (κ2) is 8.54. The summed E-state index contributed by atoms with van der Waals surface area (Å²) in [6.07, 6.45) is 1.12. The Morgan fingerprint density at radius 2 is 1.83 bits per heavy atom. The summed E-state index contributed by atoms with van der Waals surface area (Å²) >= 11 is 0. The van der Waals surface area contributed by atoms with Crippen LogP contribution in [0.5, 0.6) is 5.75 Å². The van der Waals surface area contributed by atoms with Gasteiger partial charge in [-0.2, -0.15) is 4.98 Å². The minimum Gasteiger partial charge on any atom is -0.497 e. The number of carbonyl (C=O) groups is 1. The third kappa shape index (κ3) is 4.77. The number of aromatic nitrogens is 2. The Kier molecular flexibility index (Phi) is 6.06. The zero-order chi connectivity index (χ0) is 21.9. The number of rotatable bonds is 7. The Labute approximate surface area is 174 Å². The molecule has 0 saturated carbocycles. The topological polar surface area (TPSA) is 106 Å². The molecule has 158 valence electrons. The Balaban J connectivity index is 1.69. The predicted octanol–water partition coefficient (Wildman–Crippen LogP) is 2.41. The summed E-state index contributed by atoms with van der Waals surface area (Å²) in [6.45, 7) is 0.126. The first-order chi connectivity index (χ1) is 14.2. The molecule has 3 rings (SSSR count). The zero-order valence-corrected chi connectivity index (χ0v) is 17.9. The summed E-state index contributed by atoms with van der Waals surface area (Å²) in [6, 6.07) is 13.6. The molecule has 0 aliphatic carbocycles. The number of anilines is 1.